The monoisotopic (exact) mass is 641 g/mol. The molecule has 0 atom stereocenters. The second kappa shape index (κ2) is 9.93. The Labute approximate surface area is 223 Å². The molecule has 4 aromatic carbocycles. The lowest BCUT2D eigenvalue weighted by atomic mass is 10.1. The maximum atomic E-state index is 12.9. The highest BCUT2D eigenvalue weighted by molar-refractivity contribution is 14.1. The van der Waals surface area contributed by atoms with Crippen LogP contribution in [0.4, 0.5) is 10.5 Å². The molecule has 1 aliphatic rings. The number of para-hydroxylation sites is 1. The smallest absolute Gasteiger partial charge is 0.298 e. The number of rotatable bonds is 5. The Balaban J connectivity index is 1.35. The molecule has 5 rings (SSSR count). The number of fused-ring (bicyclic) bond motifs is 1. The minimum Gasteiger partial charge on any atom is -0.487 e. The van der Waals surface area contributed by atoms with Gasteiger partial charge in [0.15, 0.2) is 0 Å². The van der Waals surface area contributed by atoms with E-state index in [0.717, 1.165) is 36.7 Å². The van der Waals surface area contributed by atoms with E-state index < -0.39 is 0 Å². The first-order valence-electron chi connectivity index (χ1n) is 10.4. The summed E-state index contributed by atoms with van der Waals surface area (Å²) in [5.74, 6) is 0.423. The molecule has 168 valence electrons. The van der Waals surface area contributed by atoms with Gasteiger partial charge in [-0.25, -0.2) is 4.90 Å². The number of carbonyl (C=O) groups excluding carboxylic acids is 2. The molecule has 0 aromatic heterocycles. The molecule has 1 aliphatic heterocycles. The first-order chi connectivity index (χ1) is 16.5. The first kappa shape index (κ1) is 23.1. The van der Waals surface area contributed by atoms with Crippen LogP contribution < -0.4 is 9.64 Å². The molecule has 0 unspecified atom stereocenters. The summed E-state index contributed by atoms with van der Waals surface area (Å²) in [5.41, 5.74) is 2.47. The zero-order valence-corrected chi connectivity index (χ0v) is 22.3. The van der Waals surface area contributed by atoms with E-state index in [2.05, 4.69) is 68.9 Å². The van der Waals surface area contributed by atoms with Crippen molar-refractivity contribution in [3.63, 3.8) is 0 Å². The topological polar surface area (TPSA) is 46.6 Å². The fourth-order valence-electron chi connectivity index (χ4n) is 3.70. The van der Waals surface area contributed by atoms with Gasteiger partial charge >= 0.3 is 0 Å². The average molecular weight is 642 g/mol. The van der Waals surface area contributed by atoms with Gasteiger partial charge < -0.3 is 4.74 Å². The molecule has 4 aromatic rings. The van der Waals surface area contributed by atoms with Crippen LogP contribution >= 0.6 is 50.3 Å². The number of thioether (sulfide) groups is 1. The van der Waals surface area contributed by atoms with Gasteiger partial charge in [0.2, 0.25) is 0 Å². The van der Waals surface area contributed by atoms with E-state index in [1.165, 1.54) is 15.7 Å². The van der Waals surface area contributed by atoms with Crippen molar-refractivity contribution in [2.24, 2.45) is 0 Å². The van der Waals surface area contributed by atoms with Crippen LogP contribution in [0.1, 0.15) is 11.1 Å². The van der Waals surface area contributed by atoms with E-state index in [4.69, 9.17) is 4.74 Å². The number of benzene rings is 4. The Bertz CT molecular complexity index is 1430. The summed E-state index contributed by atoms with van der Waals surface area (Å²) in [7, 11) is 0. The molecule has 7 heteroatoms. The lowest BCUT2D eigenvalue weighted by Gasteiger charge is -2.13. The number of hydrogen-bond donors (Lipinski definition) is 0. The van der Waals surface area contributed by atoms with Crippen molar-refractivity contribution >= 4 is 84.0 Å². The third-order valence-corrected chi connectivity index (χ3v) is 7.58. The van der Waals surface area contributed by atoms with Gasteiger partial charge in [-0.2, -0.15) is 0 Å². The van der Waals surface area contributed by atoms with Crippen LogP contribution in [0.25, 0.3) is 16.8 Å². The fraction of sp³-hybridized carbons (Fsp3) is 0.0370. The largest absolute Gasteiger partial charge is 0.487 e. The predicted molar refractivity (Wildman–Crippen MR) is 150 cm³/mol. The number of imide groups is 1. The van der Waals surface area contributed by atoms with Crippen molar-refractivity contribution in [1.29, 1.82) is 0 Å². The van der Waals surface area contributed by atoms with Gasteiger partial charge in [0.05, 0.1) is 18.6 Å². The zero-order chi connectivity index (χ0) is 23.7. The van der Waals surface area contributed by atoms with Gasteiger partial charge in [-0.05, 0) is 109 Å². The quantitative estimate of drug-likeness (QED) is 0.164. The summed E-state index contributed by atoms with van der Waals surface area (Å²) in [6.45, 7) is 0.439. The van der Waals surface area contributed by atoms with Gasteiger partial charge in [0.25, 0.3) is 11.1 Å². The van der Waals surface area contributed by atoms with E-state index >= 15 is 0 Å². The van der Waals surface area contributed by atoms with E-state index in [1.807, 2.05) is 30.3 Å². The van der Waals surface area contributed by atoms with Gasteiger partial charge in [-0.3, -0.25) is 9.59 Å². The molecule has 2 amide bonds. The summed E-state index contributed by atoms with van der Waals surface area (Å²) >= 11 is 6.78. The third-order valence-electron chi connectivity index (χ3n) is 5.32. The molecule has 0 N–H and O–H groups in total. The standard InChI is InChI=1S/C27H17BrINO3S/c28-22-13-18(15-24-26(31)30(27(32)34-24)21-8-2-1-3-9-21)14-23(29)25(22)33-16-17-10-11-19-6-4-5-7-20(19)12-17/h1-15H,16H2/b24-15-. The molecule has 0 radical (unpaired) electrons. The summed E-state index contributed by atoms with van der Waals surface area (Å²) in [6, 6.07) is 27.3. The lowest BCUT2D eigenvalue weighted by Crippen LogP contribution is -2.27. The Morgan fingerprint density at radius 2 is 1.65 bits per heavy atom. The first-order valence-corrected chi connectivity index (χ1v) is 13.1. The SMILES string of the molecule is O=C1S/C(=C\c2cc(Br)c(OCc3ccc4ccccc4c3)c(I)c2)C(=O)N1c1ccccc1. The Kier molecular flexibility index (Phi) is 6.76. The third kappa shape index (κ3) is 4.78. The molecule has 1 heterocycles. The second-order valence-electron chi connectivity index (χ2n) is 7.64. The maximum absolute atomic E-state index is 12.9. The highest BCUT2D eigenvalue weighted by atomic mass is 127. The average Bonchev–Trinajstić information content (AvgIpc) is 3.11. The van der Waals surface area contributed by atoms with E-state index in [9.17, 15) is 9.59 Å². The van der Waals surface area contributed by atoms with Gasteiger partial charge in [-0.15, -0.1) is 0 Å². The molecule has 0 aliphatic carbocycles. The molecular weight excluding hydrogens is 625 g/mol. The highest BCUT2D eigenvalue weighted by Gasteiger charge is 2.36. The molecule has 0 spiro atoms. The van der Waals surface area contributed by atoms with Crippen molar-refractivity contribution < 1.29 is 14.3 Å². The number of ether oxygens (including phenoxy) is 1. The predicted octanol–water partition coefficient (Wildman–Crippen LogP) is 8.03. The van der Waals surface area contributed by atoms with E-state index in [0.29, 0.717) is 17.2 Å². The zero-order valence-electron chi connectivity index (χ0n) is 17.7. The number of carbonyl (C=O) groups is 2. The van der Waals surface area contributed by atoms with Crippen molar-refractivity contribution in [2.75, 3.05) is 4.90 Å². The molecule has 1 fully saturated rings. The molecule has 4 nitrogen and oxygen atoms in total. The molecule has 0 saturated carbocycles. The lowest BCUT2D eigenvalue weighted by molar-refractivity contribution is -0.113. The number of amides is 2. The van der Waals surface area contributed by atoms with Crippen LogP contribution in [-0.4, -0.2) is 11.1 Å². The second-order valence-corrected chi connectivity index (χ2v) is 10.6. The molecule has 0 bridgehead atoms. The summed E-state index contributed by atoms with van der Waals surface area (Å²) < 4.78 is 7.82. The van der Waals surface area contributed by atoms with E-state index in [1.54, 1.807) is 30.3 Å². The number of hydrogen-bond acceptors (Lipinski definition) is 4. The van der Waals surface area contributed by atoms with Crippen LogP contribution in [-0.2, 0) is 11.4 Å². The highest BCUT2D eigenvalue weighted by Crippen LogP contribution is 2.38. The molecule has 1 saturated heterocycles. The van der Waals surface area contributed by atoms with Crippen molar-refractivity contribution in [1.82, 2.24) is 0 Å². The van der Waals surface area contributed by atoms with Crippen molar-refractivity contribution in [3.05, 3.63) is 109 Å². The molecule has 34 heavy (non-hydrogen) atoms. The van der Waals surface area contributed by atoms with Crippen molar-refractivity contribution in [2.45, 2.75) is 6.61 Å². The van der Waals surface area contributed by atoms with Crippen LogP contribution in [0.2, 0.25) is 0 Å². The van der Waals surface area contributed by atoms with Crippen LogP contribution in [0.3, 0.4) is 0 Å². The van der Waals surface area contributed by atoms with Gasteiger partial charge in [0.1, 0.15) is 12.4 Å². The minimum atomic E-state index is -0.316. The van der Waals surface area contributed by atoms with Crippen molar-refractivity contribution in [3.8, 4) is 5.75 Å². The number of nitrogens with zero attached hydrogens (tertiary/aromatic N) is 1. The maximum Gasteiger partial charge on any atom is 0.298 e. The van der Waals surface area contributed by atoms with Crippen LogP contribution in [0.15, 0.2) is 94.3 Å². The summed E-state index contributed by atoms with van der Waals surface area (Å²) in [5, 5.41) is 2.08. The fourth-order valence-corrected chi connectivity index (χ4v) is 6.31. The van der Waals surface area contributed by atoms with E-state index in [-0.39, 0.29) is 11.1 Å². The number of anilines is 1. The van der Waals surface area contributed by atoms with Gasteiger partial charge in [0, 0.05) is 0 Å². The minimum absolute atomic E-state index is 0.299. The summed E-state index contributed by atoms with van der Waals surface area (Å²) in [6.07, 6.45) is 1.74. The van der Waals surface area contributed by atoms with Gasteiger partial charge in [-0.1, -0.05) is 54.6 Å². The molecular formula is C27H17BrINO3S. The normalized spacial score (nSPS) is 14.9. The van der Waals surface area contributed by atoms with Crippen LogP contribution in [0, 0.1) is 3.57 Å². The van der Waals surface area contributed by atoms with Crippen LogP contribution in [0.5, 0.6) is 5.75 Å². The Hall–Kier alpha value is -2.62. The summed E-state index contributed by atoms with van der Waals surface area (Å²) in [4.78, 5) is 27.0. The number of halogens is 2. The Morgan fingerprint density at radius 1 is 0.912 bits per heavy atom. The Morgan fingerprint density at radius 3 is 2.41 bits per heavy atom.